The van der Waals surface area contributed by atoms with Gasteiger partial charge < -0.3 is 28.4 Å². The Morgan fingerprint density at radius 1 is 0.283 bits per heavy atom. The van der Waals surface area contributed by atoms with Crippen LogP contribution in [0, 0.1) is 0 Å². The van der Waals surface area contributed by atoms with Gasteiger partial charge in [-0.25, -0.2) is 28.8 Å². The van der Waals surface area contributed by atoms with Gasteiger partial charge in [0.1, 0.15) is 0 Å². The SMILES string of the molecule is CCCC[C@@H](C)OC(=O)c1c(C(=O)O[C@H](C)CCCC)c(C(=O)O[C@H](C)CCCC)c(C(=O)O[C@H](C)CCCC)c(C(=O)O[C@H](C)CCCC)c1C(=O)O[C@H](C)CCCC. The van der Waals surface area contributed by atoms with Crippen molar-refractivity contribution in [2.24, 2.45) is 0 Å². The van der Waals surface area contributed by atoms with Crippen LogP contribution < -0.4 is 0 Å². The monoisotopic (exact) mass is 847 g/mol. The molecule has 0 unspecified atom stereocenters. The topological polar surface area (TPSA) is 158 Å². The molecule has 0 aliphatic carbocycles. The van der Waals surface area contributed by atoms with Crippen LogP contribution in [0.15, 0.2) is 0 Å². The molecule has 60 heavy (non-hydrogen) atoms. The van der Waals surface area contributed by atoms with Crippen LogP contribution in [-0.2, 0) is 28.4 Å². The average molecular weight is 847 g/mol. The zero-order valence-electron chi connectivity index (χ0n) is 39.1. The molecule has 0 aromatic heterocycles. The maximum absolute atomic E-state index is 14.8. The van der Waals surface area contributed by atoms with Crippen molar-refractivity contribution in [3.8, 4) is 0 Å². The predicted molar refractivity (Wildman–Crippen MR) is 233 cm³/mol. The number of ether oxygens (including phenoxy) is 6. The fourth-order valence-electron chi connectivity index (χ4n) is 6.73. The molecular formula is C48H78O12. The Kier molecular flexibility index (Phi) is 26.4. The van der Waals surface area contributed by atoms with Crippen molar-refractivity contribution in [3.63, 3.8) is 0 Å². The van der Waals surface area contributed by atoms with Crippen LogP contribution >= 0.6 is 0 Å². The summed E-state index contributed by atoms with van der Waals surface area (Å²) in [5, 5.41) is 0. The van der Waals surface area contributed by atoms with Crippen LogP contribution in [0.25, 0.3) is 0 Å². The predicted octanol–water partition coefficient (Wildman–Crippen LogP) is 12.1. The Hall–Kier alpha value is -3.96. The van der Waals surface area contributed by atoms with Crippen molar-refractivity contribution in [1.29, 1.82) is 0 Å². The second-order valence-corrected chi connectivity index (χ2v) is 16.4. The summed E-state index contributed by atoms with van der Waals surface area (Å²) in [6.45, 7) is 21.9. The summed E-state index contributed by atoms with van der Waals surface area (Å²) < 4.78 is 35.6. The van der Waals surface area contributed by atoms with Gasteiger partial charge in [-0.2, -0.15) is 0 Å². The summed E-state index contributed by atoms with van der Waals surface area (Å²) in [4.78, 5) is 88.7. The molecular weight excluding hydrogens is 769 g/mol. The maximum Gasteiger partial charge on any atom is 0.340 e. The van der Waals surface area contributed by atoms with E-state index in [2.05, 4.69) is 0 Å². The molecule has 0 heterocycles. The van der Waals surface area contributed by atoms with Gasteiger partial charge in [0.05, 0.1) is 70.0 Å². The van der Waals surface area contributed by atoms with E-state index in [9.17, 15) is 28.8 Å². The molecule has 0 radical (unpaired) electrons. The summed E-state index contributed by atoms with van der Waals surface area (Å²) in [5.74, 6) is -7.10. The minimum atomic E-state index is -1.18. The second-order valence-electron chi connectivity index (χ2n) is 16.4. The molecule has 0 N–H and O–H groups in total. The van der Waals surface area contributed by atoms with E-state index in [4.69, 9.17) is 28.4 Å². The highest BCUT2D eigenvalue weighted by Gasteiger charge is 2.45. The normalized spacial score (nSPS) is 14.2. The van der Waals surface area contributed by atoms with Gasteiger partial charge in [0.15, 0.2) is 0 Å². The van der Waals surface area contributed by atoms with Gasteiger partial charge in [0.2, 0.25) is 0 Å². The Balaban J connectivity index is 4.81. The van der Waals surface area contributed by atoms with Gasteiger partial charge in [-0.05, 0) is 80.1 Å². The fraction of sp³-hybridized carbons (Fsp3) is 0.750. The molecule has 6 atom stereocenters. The van der Waals surface area contributed by atoms with Crippen LogP contribution in [-0.4, -0.2) is 72.4 Å². The first-order valence-corrected chi connectivity index (χ1v) is 23.0. The molecule has 0 saturated carbocycles. The van der Waals surface area contributed by atoms with Gasteiger partial charge >= 0.3 is 35.8 Å². The van der Waals surface area contributed by atoms with E-state index in [0.29, 0.717) is 77.0 Å². The van der Waals surface area contributed by atoms with Gasteiger partial charge in [-0.15, -0.1) is 0 Å². The Morgan fingerprint density at radius 3 is 0.500 bits per heavy atom. The lowest BCUT2D eigenvalue weighted by molar-refractivity contribution is 0.0205. The molecule has 342 valence electrons. The number of hydrogen-bond donors (Lipinski definition) is 0. The number of hydrogen-bond acceptors (Lipinski definition) is 12. The van der Waals surface area contributed by atoms with Crippen molar-refractivity contribution >= 4 is 35.8 Å². The zero-order chi connectivity index (χ0) is 45.4. The third-order valence-electron chi connectivity index (χ3n) is 10.4. The molecule has 12 heteroatoms. The molecule has 1 aromatic carbocycles. The summed E-state index contributed by atoms with van der Waals surface area (Å²) >= 11 is 0. The number of carbonyl (C=O) groups is 6. The second kappa shape index (κ2) is 29.3. The lowest BCUT2D eigenvalue weighted by Gasteiger charge is -2.26. The van der Waals surface area contributed by atoms with E-state index in [1.807, 2.05) is 41.5 Å². The molecule has 0 spiro atoms. The number of carbonyl (C=O) groups excluding carboxylic acids is 6. The molecule has 0 saturated heterocycles. The highest BCUT2D eigenvalue weighted by atomic mass is 16.6. The highest BCUT2D eigenvalue weighted by molar-refractivity contribution is 6.24. The average Bonchev–Trinajstić information content (AvgIpc) is 3.20. The van der Waals surface area contributed by atoms with Crippen molar-refractivity contribution in [3.05, 3.63) is 33.4 Å². The van der Waals surface area contributed by atoms with E-state index >= 15 is 0 Å². The molecule has 0 bridgehead atoms. The minimum Gasteiger partial charge on any atom is -0.459 e. The molecule has 1 aromatic rings. The Labute approximate surface area is 360 Å². The smallest absolute Gasteiger partial charge is 0.340 e. The molecule has 1 rings (SSSR count). The molecule has 0 aliphatic heterocycles. The van der Waals surface area contributed by atoms with Gasteiger partial charge in [0, 0.05) is 0 Å². The van der Waals surface area contributed by atoms with E-state index in [1.165, 1.54) is 0 Å². The Bertz CT molecular complexity index is 1210. The summed E-state index contributed by atoms with van der Waals surface area (Å²) in [6.07, 6.45) is 7.36. The van der Waals surface area contributed by atoms with E-state index < -0.39 is 106 Å². The van der Waals surface area contributed by atoms with Crippen LogP contribution in [0.4, 0.5) is 0 Å². The summed E-state index contributed by atoms with van der Waals surface area (Å²) in [5.41, 5.74) is -4.44. The largest absolute Gasteiger partial charge is 0.459 e. The third-order valence-corrected chi connectivity index (χ3v) is 10.4. The number of esters is 6. The molecule has 0 amide bonds. The van der Waals surface area contributed by atoms with Crippen molar-refractivity contribution in [2.75, 3.05) is 0 Å². The third kappa shape index (κ3) is 17.9. The van der Waals surface area contributed by atoms with Crippen molar-refractivity contribution in [1.82, 2.24) is 0 Å². The standard InChI is InChI=1S/C48H78O12/c1-13-19-25-31(7)55-43(49)37-38(44(50)56-32(8)26-20-14-2)40(46(52)58-34(10)28-22-16-4)42(48(54)60-36(12)30-24-18-6)41(47(53)59-35(11)29-23-17-5)39(37)45(51)57-33(9)27-21-15-3/h31-36H,13-30H2,1-12H3/t31-,32-,33-,34-,35-,36-/m1/s1. The zero-order valence-corrected chi connectivity index (χ0v) is 39.1. The molecule has 0 aliphatic rings. The van der Waals surface area contributed by atoms with E-state index in [-0.39, 0.29) is 0 Å². The number of unbranched alkanes of at least 4 members (excludes halogenated alkanes) is 6. The van der Waals surface area contributed by atoms with Crippen molar-refractivity contribution in [2.45, 2.75) is 235 Å². The maximum atomic E-state index is 14.8. The van der Waals surface area contributed by atoms with Gasteiger partial charge in [-0.1, -0.05) is 119 Å². The number of rotatable bonds is 30. The first-order chi connectivity index (χ1) is 28.5. The van der Waals surface area contributed by atoms with Crippen LogP contribution in [0.3, 0.4) is 0 Å². The van der Waals surface area contributed by atoms with Crippen LogP contribution in [0.2, 0.25) is 0 Å². The molecule has 0 fully saturated rings. The summed E-state index contributed by atoms with van der Waals surface area (Å²) in [7, 11) is 0. The lowest BCUT2D eigenvalue weighted by atomic mass is 9.85. The summed E-state index contributed by atoms with van der Waals surface area (Å²) in [6, 6.07) is 0. The lowest BCUT2D eigenvalue weighted by Crippen LogP contribution is -2.34. The highest BCUT2D eigenvalue weighted by Crippen LogP contribution is 2.35. The van der Waals surface area contributed by atoms with Crippen LogP contribution in [0.5, 0.6) is 0 Å². The van der Waals surface area contributed by atoms with E-state index in [1.54, 1.807) is 41.5 Å². The Morgan fingerprint density at radius 2 is 0.400 bits per heavy atom. The van der Waals surface area contributed by atoms with Gasteiger partial charge in [0.25, 0.3) is 0 Å². The first-order valence-electron chi connectivity index (χ1n) is 23.0. The van der Waals surface area contributed by atoms with Crippen molar-refractivity contribution < 1.29 is 57.2 Å². The number of benzene rings is 1. The quantitative estimate of drug-likeness (QED) is 0.0534. The van der Waals surface area contributed by atoms with Gasteiger partial charge in [-0.3, -0.25) is 0 Å². The van der Waals surface area contributed by atoms with Crippen LogP contribution in [0.1, 0.15) is 261 Å². The minimum absolute atomic E-state index is 0.442. The fourth-order valence-corrected chi connectivity index (χ4v) is 6.73. The van der Waals surface area contributed by atoms with E-state index in [0.717, 1.165) is 38.5 Å². The first kappa shape index (κ1) is 54.1. The molecule has 12 nitrogen and oxygen atoms in total.